The Kier molecular flexibility index (Phi) is 7.22. The number of carbonyl (C=O) groups excluding carboxylic acids is 1. The Labute approximate surface area is 193 Å². The Morgan fingerprint density at radius 2 is 1.90 bits per heavy atom. The van der Waals surface area contributed by atoms with Gasteiger partial charge in [0, 0.05) is 46.8 Å². The number of hydrazone groups is 1. The number of halogens is 3. The summed E-state index contributed by atoms with van der Waals surface area (Å²) in [7, 11) is 0. The summed E-state index contributed by atoms with van der Waals surface area (Å²) in [5.74, 6) is -1.30. The SMILES string of the molecule is C[C@@H]1CN(c2cc(F)c(C=NNC(N)=S)cc2F)C[C@H](C)N1C(=O)c1cccc(Br)c1. The number of carbonyl (C=O) groups is 1. The Hall–Kier alpha value is -2.59. The number of nitrogens with zero attached hydrogens (tertiary/aromatic N) is 3. The van der Waals surface area contributed by atoms with Crippen LogP contribution in [0.4, 0.5) is 14.5 Å². The van der Waals surface area contributed by atoms with Crippen molar-refractivity contribution < 1.29 is 13.6 Å². The second-order valence-corrected chi connectivity index (χ2v) is 8.74. The van der Waals surface area contributed by atoms with Crippen LogP contribution in [0.1, 0.15) is 29.8 Å². The number of hydrogen-bond donors (Lipinski definition) is 2. The summed E-state index contributed by atoms with van der Waals surface area (Å²) in [6, 6.07) is 9.01. The van der Waals surface area contributed by atoms with E-state index in [2.05, 4.69) is 38.7 Å². The summed E-state index contributed by atoms with van der Waals surface area (Å²) in [5.41, 5.74) is 8.24. The van der Waals surface area contributed by atoms with Gasteiger partial charge in [0.1, 0.15) is 11.6 Å². The lowest BCUT2D eigenvalue weighted by Gasteiger charge is -2.45. The number of nitrogens with two attached hydrogens (primary N) is 1. The molecule has 0 spiro atoms. The molecule has 0 unspecified atom stereocenters. The highest BCUT2D eigenvalue weighted by atomic mass is 79.9. The van der Waals surface area contributed by atoms with Crippen molar-refractivity contribution in [2.45, 2.75) is 25.9 Å². The molecule has 31 heavy (non-hydrogen) atoms. The Morgan fingerprint density at radius 3 is 2.52 bits per heavy atom. The maximum absolute atomic E-state index is 14.8. The van der Waals surface area contributed by atoms with Crippen LogP contribution in [-0.4, -0.2) is 47.3 Å². The standard InChI is InChI=1S/C21H22BrF2N5OS/c1-12-10-28(11-13(2)29(12)20(30)14-4-3-5-16(22)6-14)19-8-17(23)15(7-18(19)24)9-26-27-21(25)31/h3-9,12-13H,10-11H2,1-2H3,(H3,25,27,31)/t12-,13+. The molecule has 0 radical (unpaired) electrons. The van der Waals surface area contributed by atoms with Crippen LogP contribution in [0.2, 0.25) is 0 Å². The Morgan fingerprint density at radius 1 is 1.23 bits per heavy atom. The van der Waals surface area contributed by atoms with Crippen molar-refractivity contribution in [2.24, 2.45) is 10.8 Å². The van der Waals surface area contributed by atoms with E-state index < -0.39 is 11.6 Å². The van der Waals surface area contributed by atoms with Crippen molar-refractivity contribution in [1.29, 1.82) is 0 Å². The van der Waals surface area contributed by atoms with Gasteiger partial charge in [0.05, 0.1) is 11.9 Å². The molecule has 6 nitrogen and oxygen atoms in total. The van der Waals surface area contributed by atoms with Gasteiger partial charge in [-0.15, -0.1) is 0 Å². The second-order valence-electron chi connectivity index (χ2n) is 7.39. The average molecular weight is 510 g/mol. The summed E-state index contributed by atoms with van der Waals surface area (Å²) in [4.78, 5) is 16.6. The van der Waals surface area contributed by atoms with Crippen LogP contribution in [0, 0.1) is 11.6 Å². The molecule has 1 aliphatic heterocycles. The molecule has 2 aromatic carbocycles. The molecular formula is C21H22BrF2N5OS. The first-order valence-electron chi connectivity index (χ1n) is 9.58. The van der Waals surface area contributed by atoms with Crippen LogP contribution >= 0.6 is 28.1 Å². The fourth-order valence-corrected chi connectivity index (χ4v) is 4.20. The van der Waals surface area contributed by atoms with Gasteiger partial charge in [-0.2, -0.15) is 5.10 Å². The lowest BCUT2D eigenvalue weighted by Crippen LogP contribution is -2.59. The molecule has 1 heterocycles. The fraction of sp³-hybridized carbons (Fsp3) is 0.286. The van der Waals surface area contributed by atoms with E-state index in [1.54, 1.807) is 21.9 Å². The first kappa shape index (κ1) is 23.1. The maximum Gasteiger partial charge on any atom is 0.254 e. The topological polar surface area (TPSA) is 74.0 Å². The van der Waals surface area contributed by atoms with Crippen molar-refractivity contribution in [1.82, 2.24) is 10.3 Å². The molecule has 0 aromatic heterocycles. The lowest BCUT2D eigenvalue weighted by atomic mass is 10.0. The van der Waals surface area contributed by atoms with E-state index in [4.69, 9.17) is 5.73 Å². The summed E-state index contributed by atoms with van der Waals surface area (Å²) in [6.45, 7) is 4.54. The zero-order valence-electron chi connectivity index (χ0n) is 17.0. The largest absolute Gasteiger partial charge is 0.375 e. The highest BCUT2D eigenvalue weighted by Gasteiger charge is 2.34. The van der Waals surface area contributed by atoms with Crippen molar-refractivity contribution in [3.63, 3.8) is 0 Å². The Balaban J connectivity index is 1.79. The second kappa shape index (κ2) is 9.69. The molecule has 0 saturated carbocycles. The molecule has 1 amide bonds. The lowest BCUT2D eigenvalue weighted by molar-refractivity contribution is 0.0574. The molecule has 164 valence electrons. The third-order valence-electron chi connectivity index (χ3n) is 5.01. The fourth-order valence-electron chi connectivity index (χ4n) is 3.75. The van der Waals surface area contributed by atoms with Crippen molar-refractivity contribution in [3.05, 3.63) is 63.6 Å². The number of piperazine rings is 1. The van der Waals surface area contributed by atoms with Gasteiger partial charge in [-0.25, -0.2) is 8.78 Å². The van der Waals surface area contributed by atoms with Crippen LogP contribution in [-0.2, 0) is 0 Å². The molecule has 3 N–H and O–H groups in total. The third-order valence-corrected chi connectivity index (χ3v) is 5.59. The average Bonchev–Trinajstić information content (AvgIpc) is 2.69. The minimum absolute atomic E-state index is 0.0328. The van der Waals surface area contributed by atoms with Gasteiger partial charge >= 0.3 is 0 Å². The molecule has 2 aromatic rings. The maximum atomic E-state index is 14.8. The normalized spacial score (nSPS) is 19.0. The summed E-state index contributed by atoms with van der Waals surface area (Å²) < 4.78 is 30.1. The van der Waals surface area contributed by atoms with E-state index in [1.165, 1.54) is 0 Å². The molecule has 1 saturated heterocycles. The predicted molar refractivity (Wildman–Crippen MR) is 125 cm³/mol. The van der Waals surface area contributed by atoms with E-state index >= 15 is 0 Å². The molecule has 10 heteroatoms. The molecule has 3 rings (SSSR count). The van der Waals surface area contributed by atoms with Gasteiger partial charge in [-0.1, -0.05) is 22.0 Å². The van der Waals surface area contributed by atoms with E-state index in [0.29, 0.717) is 18.7 Å². The van der Waals surface area contributed by atoms with Crippen molar-refractivity contribution in [2.75, 3.05) is 18.0 Å². The molecular weight excluding hydrogens is 488 g/mol. The highest BCUT2D eigenvalue weighted by molar-refractivity contribution is 9.10. The number of hydrogen-bond acceptors (Lipinski definition) is 4. The van der Waals surface area contributed by atoms with E-state index in [-0.39, 0.29) is 34.4 Å². The molecule has 1 aliphatic rings. The summed E-state index contributed by atoms with van der Waals surface area (Å²) in [6.07, 6.45) is 1.11. The number of thiocarbonyl (C=S) groups is 1. The van der Waals surface area contributed by atoms with Crippen molar-refractivity contribution in [3.8, 4) is 0 Å². The molecule has 0 aliphatic carbocycles. The van der Waals surface area contributed by atoms with Gasteiger partial charge in [-0.3, -0.25) is 10.2 Å². The monoisotopic (exact) mass is 509 g/mol. The first-order valence-corrected chi connectivity index (χ1v) is 10.8. The highest BCUT2D eigenvalue weighted by Crippen LogP contribution is 2.28. The number of benzene rings is 2. The molecule has 1 fully saturated rings. The minimum atomic E-state index is -0.627. The van der Waals surface area contributed by atoms with Crippen LogP contribution in [0.3, 0.4) is 0 Å². The van der Waals surface area contributed by atoms with Crippen LogP contribution in [0.5, 0.6) is 0 Å². The third kappa shape index (κ3) is 5.37. The van der Waals surface area contributed by atoms with Gasteiger partial charge in [-0.05, 0) is 50.3 Å². The van der Waals surface area contributed by atoms with Gasteiger partial charge in [0.15, 0.2) is 5.11 Å². The van der Waals surface area contributed by atoms with E-state index in [1.807, 2.05) is 26.0 Å². The number of rotatable bonds is 4. The zero-order chi connectivity index (χ0) is 22.7. The molecule has 0 bridgehead atoms. The Bertz CT molecular complexity index is 1020. The number of amides is 1. The van der Waals surface area contributed by atoms with Gasteiger partial charge in [0.2, 0.25) is 0 Å². The van der Waals surface area contributed by atoms with Gasteiger partial charge < -0.3 is 15.5 Å². The molecule has 2 atom stereocenters. The number of anilines is 1. The van der Waals surface area contributed by atoms with Crippen molar-refractivity contribution >= 4 is 51.1 Å². The van der Waals surface area contributed by atoms with Gasteiger partial charge in [0.25, 0.3) is 5.91 Å². The summed E-state index contributed by atoms with van der Waals surface area (Å²) in [5, 5.41) is 3.59. The predicted octanol–water partition coefficient (Wildman–Crippen LogP) is 3.63. The smallest absolute Gasteiger partial charge is 0.254 e. The number of nitrogens with one attached hydrogen (secondary N) is 1. The van der Waals surface area contributed by atoms with E-state index in [0.717, 1.165) is 22.8 Å². The van der Waals surface area contributed by atoms with E-state index in [9.17, 15) is 13.6 Å². The minimum Gasteiger partial charge on any atom is -0.375 e. The van der Waals surface area contributed by atoms with Crippen LogP contribution in [0.15, 0.2) is 46.0 Å². The summed E-state index contributed by atoms with van der Waals surface area (Å²) >= 11 is 8.00. The van der Waals surface area contributed by atoms with Crippen LogP contribution in [0.25, 0.3) is 0 Å². The quantitative estimate of drug-likeness (QED) is 0.374. The first-order chi connectivity index (χ1) is 14.7. The van der Waals surface area contributed by atoms with Crippen LogP contribution < -0.4 is 16.1 Å². The zero-order valence-corrected chi connectivity index (χ0v) is 19.4.